The van der Waals surface area contributed by atoms with Crippen LogP contribution < -0.4 is 4.74 Å². The summed E-state index contributed by atoms with van der Waals surface area (Å²) < 4.78 is 49.8. The van der Waals surface area contributed by atoms with Gasteiger partial charge in [-0.2, -0.15) is 10.2 Å². The zero-order chi connectivity index (χ0) is 31.0. The molecule has 1 aromatic carbocycles. The Morgan fingerprint density at radius 2 is 1.91 bits per heavy atom. The highest BCUT2D eigenvalue weighted by atomic mass is 32.1. The molecule has 13 heteroatoms. The van der Waals surface area contributed by atoms with Crippen LogP contribution in [0.4, 0.5) is 13.2 Å². The van der Waals surface area contributed by atoms with Crippen molar-refractivity contribution in [1.82, 2.24) is 34.3 Å². The number of carbonyl (C=O) groups excluding carboxylic acids is 1. The summed E-state index contributed by atoms with van der Waals surface area (Å²) in [4.78, 5) is 21.3. The number of pyridine rings is 1. The molecule has 1 fully saturated rings. The van der Waals surface area contributed by atoms with Crippen molar-refractivity contribution in [3.05, 3.63) is 72.4 Å². The van der Waals surface area contributed by atoms with Crippen LogP contribution in [0.3, 0.4) is 0 Å². The van der Waals surface area contributed by atoms with Crippen molar-refractivity contribution in [1.29, 1.82) is 0 Å². The lowest BCUT2D eigenvalue weighted by atomic mass is 9.97. The number of thiophene rings is 1. The van der Waals surface area contributed by atoms with Crippen LogP contribution in [-0.2, 0) is 11.3 Å². The number of ether oxygens (including phenoxy) is 1. The number of hydrogen-bond acceptors (Lipinski definition) is 7. The molecule has 44 heavy (non-hydrogen) atoms. The molecule has 0 N–H and O–H groups in total. The minimum absolute atomic E-state index is 0.00345. The zero-order valence-electron chi connectivity index (χ0n) is 24.3. The van der Waals surface area contributed by atoms with E-state index >= 15 is 0 Å². The van der Waals surface area contributed by atoms with Crippen LogP contribution >= 0.6 is 11.3 Å². The van der Waals surface area contributed by atoms with Crippen LogP contribution in [0.1, 0.15) is 6.04 Å². The molecule has 228 valence electrons. The van der Waals surface area contributed by atoms with Gasteiger partial charge in [-0.05, 0) is 37.7 Å². The van der Waals surface area contributed by atoms with Gasteiger partial charge in [0.2, 0.25) is 5.91 Å². The standard InChI is InChI=1S/C31H30F3N7O2S/c1-38(2)9-4-5-27(42)39-16-22(17-39)41-15-20(13-36-41)30-28(23-7-6-21(32)11-25(23)43-3)31-24(8-10-44-31)29(37-30)19-12-35-40(14-19)18-26(33)34/h4-8,10-15,22,26H,9,16-18H2,1-3H3/b5-4+. The number of fused-ring (bicyclic) bond motifs is 1. The topological polar surface area (TPSA) is 81.3 Å². The van der Waals surface area contributed by atoms with Crippen LogP contribution in [0.25, 0.3) is 43.7 Å². The van der Waals surface area contributed by atoms with Gasteiger partial charge in [0.05, 0.1) is 36.9 Å². The van der Waals surface area contributed by atoms with E-state index in [0.717, 1.165) is 15.6 Å². The largest absolute Gasteiger partial charge is 0.496 e. The molecule has 1 amide bonds. The Morgan fingerprint density at radius 3 is 2.66 bits per heavy atom. The number of likely N-dealkylation sites (tertiary alicyclic amines) is 1. The molecular weight excluding hydrogens is 591 g/mol. The maximum Gasteiger partial charge on any atom is 0.257 e. The van der Waals surface area contributed by atoms with Gasteiger partial charge in [0.1, 0.15) is 18.1 Å². The number of benzene rings is 1. The third-order valence-corrected chi connectivity index (χ3v) is 8.36. The van der Waals surface area contributed by atoms with Gasteiger partial charge in [-0.1, -0.05) is 6.08 Å². The van der Waals surface area contributed by atoms with Crippen molar-refractivity contribution in [3.8, 4) is 39.4 Å². The van der Waals surface area contributed by atoms with Gasteiger partial charge in [0.25, 0.3) is 6.43 Å². The van der Waals surface area contributed by atoms with E-state index < -0.39 is 18.8 Å². The van der Waals surface area contributed by atoms with E-state index in [-0.39, 0.29) is 11.9 Å². The molecule has 9 nitrogen and oxygen atoms in total. The van der Waals surface area contributed by atoms with Gasteiger partial charge < -0.3 is 14.5 Å². The number of likely N-dealkylation sites (N-methyl/N-ethyl adjacent to an activating group) is 1. The SMILES string of the molecule is COc1cc(F)ccc1-c1c(-c2cnn(C3CN(C(=O)/C=C/CN(C)C)C3)c2)nc(-c2cnn(CC(F)F)c2)c2ccsc12. The van der Waals surface area contributed by atoms with Gasteiger partial charge in [0, 0.05) is 76.5 Å². The maximum atomic E-state index is 14.2. The zero-order valence-corrected chi connectivity index (χ0v) is 25.1. The van der Waals surface area contributed by atoms with Crippen molar-refractivity contribution in [2.75, 3.05) is 40.8 Å². The summed E-state index contributed by atoms with van der Waals surface area (Å²) in [6, 6.07) is 6.29. The molecule has 1 saturated heterocycles. The molecule has 5 aromatic rings. The molecule has 5 heterocycles. The minimum atomic E-state index is -2.54. The van der Waals surface area contributed by atoms with Crippen LogP contribution in [0.2, 0.25) is 0 Å². The lowest BCUT2D eigenvalue weighted by Crippen LogP contribution is -2.50. The molecule has 1 aliphatic heterocycles. The Bertz CT molecular complexity index is 1840. The molecule has 0 aliphatic carbocycles. The van der Waals surface area contributed by atoms with Crippen LogP contribution in [0, 0.1) is 5.82 Å². The lowest BCUT2D eigenvalue weighted by Gasteiger charge is -2.38. The van der Waals surface area contributed by atoms with E-state index in [0.29, 0.717) is 53.5 Å². The minimum Gasteiger partial charge on any atom is -0.496 e. The van der Waals surface area contributed by atoms with E-state index in [1.165, 1.54) is 41.5 Å². The van der Waals surface area contributed by atoms with Crippen LogP contribution in [0.5, 0.6) is 5.75 Å². The van der Waals surface area contributed by atoms with Crippen LogP contribution in [-0.4, -0.2) is 87.5 Å². The predicted molar refractivity (Wildman–Crippen MR) is 163 cm³/mol. The summed E-state index contributed by atoms with van der Waals surface area (Å²) >= 11 is 1.49. The fourth-order valence-electron chi connectivity index (χ4n) is 5.23. The smallest absolute Gasteiger partial charge is 0.257 e. The first kappa shape index (κ1) is 29.6. The summed E-state index contributed by atoms with van der Waals surface area (Å²) in [5.74, 6) is -0.120. The lowest BCUT2D eigenvalue weighted by molar-refractivity contribution is -0.131. The van der Waals surface area contributed by atoms with Gasteiger partial charge in [0.15, 0.2) is 0 Å². The molecule has 1 aliphatic rings. The van der Waals surface area contributed by atoms with Crippen molar-refractivity contribution in [3.63, 3.8) is 0 Å². The average molecular weight is 622 g/mol. The molecule has 0 unspecified atom stereocenters. The second-order valence-corrected chi connectivity index (χ2v) is 11.7. The first-order valence-electron chi connectivity index (χ1n) is 13.9. The Kier molecular flexibility index (Phi) is 8.23. The highest BCUT2D eigenvalue weighted by Crippen LogP contribution is 2.46. The molecule has 0 spiro atoms. The molecule has 6 rings (SSSR count). The Labute approximate surface area is 255 Å². The monoisotopic (exact) mass is 621 g/mol. The second kappa shape index (κ2) is 12.2. The van der Waals surface area contributed by atoms with Gasteiger partial charge >= 0.3 is 0 Å². The van der Waals surface area contributed by atoms with Gasteiger partial charge in [-0.25, -0.2) is 18.2 Å². The number of nitrogens with zero attached hydrogens (tertiary/aromatic N) is 7. The number of halogens is 3. The third-order valence-electron chi connectivity index (χ3n) is 7.43. The molecule has 0 saturated carbocycles. The molecular formula is C31H30F3N7O2S. The fourth-order valence-corrected chi connectivity index (χ4v) is 6.19. The summed E-state index contributed by atoms with van der Waals surface area (Å²) in [6.45, 7) is 1.21. The van der Waals surface area contributed by atoms with Crippen LogP contribution in [0.15, 0.2) is 66.6 Å². The van der Waals surface area contributed by atoms with E-state index in [2.05, 4.69) is 10.2 Å². The molecule has 0 radical (unpaired) electrons. The van der Waals surface area contributed by atoms with Crippen molar-refractivity contribution < 1.29 is 22.7 Å². The number of aromatic nitrogens is 5. The second-order valence-electron chi connectivity index (χ2n) is 10.8. The number of carbonyl (C=O) groups is 1. The average Bonchev–Trinajstić information content (AvgIpc) is 3.73. The normalized spacial score (nSPS) is 14.0. The van der Waals surface area contributed by atoms with Gasteiger partial charge in [-0.3, -0.25) is 14.2 Å². The predicted octanol–water partition coefficient (Wildman–Crippen LogP) is 5.60. The highest BCUT2D eigenvalue weighted by molar-refractivity contribution is 7.18. The Hall–Kier alpha value is -4.49. The third kappa shape index (κ3) is 5.84. The van der Waals surface area contributed by atoms with E-state index in [9.17, 15) is 18.0 Å². The number of alkyl halides is 2. The van der Waals surface area contributed by atoms with Crippen molar-refractivity contribution in [2.24, 2.45) is 0 Å². The summed E-state index contributed by atoms with van der Waals surface area (Å²) in [5.41, 5.74) is 3.85. The Balaban J connectivity index is 1.40. The quantitative estimate of drug-likeness (QED) is 0.189. The highest BCUT2D eigenvalue weighted by Gasteiger charge is 2.32. The molecule has 4 aromatic heterocycles. The molecule has 0 atom stereocenters. The van der Waals surface area contributed by atoms with E-state index in [1.54, 1.807) is 29.4 Å². The fraction of sp³-hybridized carbons (Fsp3) is 0.290. The number of hydrogen-bond donors (Lipinski definition) is 0. The molecule has 0 bridgehead atoms. The van der Waals surface area contributed by atoms with Crippen molar-refractivity contribution in [2.45, 2.75) is 19.0 Å². The van der Waals surface area contributed by atoms with E-state index in [4.69, 9.17) is 9.72 Å². The Morgan fingerprint density at radius 1 is 1.14 bits per heavy atom. The maximum absolute atomic E-state index is 14.2. The summed E-state index contributed by atoms with van der Waals surface area (Å²) in [5, 5.41) is 11.5. The number of rotatable bonds is 10. The first-order chi connectivity index (χ1) is 21.2. The summed E-state index contributed by atoms with van der Waals surface area (Å²) in [6.07, 6.45) is 7.58. The summed E-state index contributed by atoms with van der Waals surface area (Å²) in [7, 11) is 5.37. The van der Waals surface area contributed by atoms with E-state index in [1.807, 2.05) is 47.4 Å². The van der Waals surface area contributed by atoms with Crippen molar-refractivity contribution >= 4 is 27.3 Å². The number of amides is 1. The first-order valence-corrected chi connectivity index (χ1v) is 14.8. The van der Waals surface area contributed by atoms with Gasteiger partial charge in [-0.15, -0.1) is 11.3 Å². The number of methoxy groups -OCH3 is 1.